The molecule has 1 N–H and O–H groups in total. The molecule has 0 saturated heterocycles. The van der Waals surface area contributed by atoms with E-state index < -0.39 is 5.97 Å². The lowest BCUT2D eigenvalue weighted by molar-refractivity contribution is 0.0697. The summed E-state index contributed by atoms with van der Waals surface area (Å²) in [6.07, 6.45) is 1.66. The van der Waals surface area contributed by atoms with Crippen molar-refractivity contribution >= 4 is 28.5 Å². The maximum atomic E-state index is 11.2. The predicted molar refractivity (Wildman–Crippen MR) is 108 cm³/mol. The second-order valence-electron chi connectivity index (χ2n) is 6.41. The van der Waals surface area contributed by atoms with Crippen molar-refractivity contribution in [1.29, 1.82) is 0 Å². The van der Waals surface area contributed by atoms with Crippen LogP contribution in [0.3, 0.4) is 0 Å². The number of hydrogen-bond acceptors (Lipinski definition) is 3. The minimum atomic E-state index is -0.957. The van der Waals surface area contributed by atoms with Crippen LogP contribution in [0.15, 0.2) is 72.9 Å². The van der Waals surface area contributed by atoms with Crippen molar-refractivity contribution in [3.05, 3.63) is 94.6 Å². The molecule has 0 fully saturated rings. The van der Waals surface area contributed by atoms with E-state index in [1.165, 1.54) is 0 Å². The van der Waals surface area contributed by atoms with Crippen LogP contribution in [0.4, 0.5) is 0 Å². The molecule has 140 valence electrons. The SMILES string of the molecule is O=C(O)c1ccc2c(cnn2Cc2cc(Cl)ccc2OCc2ccccc2)c1. The average molecular weight is 393 g/mol. The summed E-state index contributed by atoms with van der Waals surface area (Å²) in [5.74, 6) is -0.222. The first-order valence-electron chi connectivity index (χ1n) is 8.74. The highest BCUT2D eigenvalue weighted by atomic mass is 35.5. The predicted octanol–water partition coefficient (Wildman–Crippen LogP) is 5.02. The number of fused-ring (bicyclic) bond motifs is 1. The van der Waals surface area contributed by atoms with Gasteiger partial charge in [0.15, 0.2) is 0 Å². The first-order chi connectivity index (χ1) is 13.6. The quantitative estimate of drug-likeness (QED) is 0.500. The van der Waals surface area contributed by atoms with Crippen molar-refractivity contribution in [1.82, 2.24) is 9.78 Å². The van der Waals surface area contributed by atoms with E-state index in [2.05, 4.69) is 5.10 Å². The fraction of sp³-hybridized carbons (Fsp3) is 0.0909. The summed E-state index contributed by atoms with van der Waals surface area (Å²) in [5.41, 5.74) is 3.06. The molecule has 28 heavy (non-hydrogen) atoms. The van der Waals surface area contributed by atoms with Crippen molar-refractivity contribution in [2.24, 2.45) is 0 Å². The number of nitrogens with zero attached hydrogens (tertiary/aromatic N) is 2. The van der Waals surface area contributed by atoms with Crippen molar-refractivity contribution in [3.63, 3.8) is 0 Å². The third-order valence-corrected chi connectivity index (χ3v) is 4.70. The first-order valence-corrected chi connectivity index (χ1v) is 9.12. The lowest BCUT2D eigenvalue weighted by atomic mass is 10.1. The molecule has 4 aromatic rings. The van der Waals surface area contributed by atoms with Crippen LogP contribution in [0, 0.1) is 0 Å². The van der Waals surface area contributed by atoms with Crippen LogP contribution in [0.5, 0.6) is 5.75 Å². The van der Waals surface area contributed by atoms with E-state index in [9.17, 15) is 4.79 Å². The monoisotopic (exact) mass is 392 g/mol. The largest absolute Gasteiger partial charge is 0.489 e. The van der Waals surface area contributed by atoms with Gasteiger partial charge in [-0.2, -0.15) is 5.10 Å². The molecule has 5 nitrogen and oxygen atoms in total. The van der Waals surface area contributed by atoms with Crippen LogP contribution < -0.4 is 4.74 Å². The summed E-state index contributed by atoms with van der Waals surface area (Å²) in [7, 11) is 0. The number of carbonyl (C=O) groups is 1. The number of carboxylic acid groups (broad SMARTS) is 1. The molecule has 0 saturated carbocycles. The number of carboxylic acids is 1. The standard InChI is InChI=1S/C22H17ClN2O3/c23-19-7-9-21(28-14-15-4-2-1-3-5-15)18(11-19)13-25-20-8-6-16(22(26)27)10-17(20)12-24-25/h1-12H,13-14H2,(H,26,27). The van der Waals surface area contributed by atoms with Gasteiger partial charge in [-0.25, -0.2) is 4.79 Å². The van der Waals surface area contributed by atoms with E-state index in [1.807, 2.05) is 47.1 Å². The van der Waals surface area contributed by atoms with Gasteiger partial charge in [-0.1, -0.05) is 41.9 Å². The second-order valence-corrected chi connectivity index (χ2v) is 6.84. The van der Waals surface area contributed by atoms with Gasteiger partial charge < -0.3 is 9.84 Å². The molecular weight excluding hydrogens is 376 g/mol. The van der Waals surface area contributed by atoms with Crippen LogP contribution in [-0.2, 0) is 13.2 Å². The highest BCUT2D eigenvalue weighted by Crippen LogP contribution is 2.26. The number of aromatic nitrogens is 2. The van der Waals surface area contributed by atoms with Crippen LogP contribution in [-0.4, -0.2) is 20.9 Å². The van der Waals surface area contributed by atoms with Crippen LogP contribution >= 0.6 is 11.6 Å². The van der Waals surface area contributed by atoms with Crippen molar-refractivity contribution in [2.75, 3.05) is 0 Å². The number of rotatable bonds is 6. The molecule has 0 bridgehead atoms. The highest BCUT2D eigenvalue weighted by molar-refractivity contribution is 6.30. The van der Waals surface area contributed by atoms with Crippen molar-refractivity contribution in [2.45, 2.75) is 13.2 Å². The molecule has 0 aliphatic rings. The second kappa shape index (κ2) is 7.74. The number of ether oxygens (including phenoxy) is 1. The van der Waals surface area contributed by atoms with Crippen LogP contribution in [0.1, 0.15) is 21.5 Å². The van der Waals surface area contributed by atoms with Gasteiger partial charge in [0.2, 0.25) is 0 Å². The summed E-state index contributed by atoms with van der Waals surface area (Å²) in [6.45, 7) is 0.915. The van der Waals surface area contributed by atoms with E-state index in [0.717, 1.165) is 27.8 Å². The average Bonchev–Trinajstić information content (AvgIpc) is 3.10. The molecule has 0 radical (unpaired) electrons. The lowest BCUT2D eigenvalue weighted by Gasteiger charge is -2.13. The molecule has 4 rings (SSSR count). The van der Waals surface area contributed by atoms with E-state index in [4.69, 9.17) is 21.4 Å². The van der Waals surface area contributed by atoms with E-state index >= 15 is 0 Å². The van der Waals surface area contributed by atoms with Crippen molar-refractivity contribution < 1.29 is 14.6 Å². The Morgan fingerprint density at radius 3 is 2.68 bits per heavy atom. The third kappa shape index (κ3) is 3.85. The molecular formula is C22H17ClN2O3. The Kier molecular flexibility index (Phi) is 5.00. The maximum Gasteiger partial charge on any atom is 0.335 e. The molecule has 3 aromatic carbocycles. The minimum Gasteiger partial charge on any atom is -0.489 e. The molecule has 1 heterocycles. The Labute approximate surface area is 166 Å². The van der Waals surface area contributed by atoms with E-state index in [1.54, 1.807) is 30.5 Å². The molecule has 0 aliphatic carbocycles. The summed E-state index contributed by atoms with van der Waals surface area (Å²) in [6, 6.07) is 20.4. The Balaban J connectivity index is 1.61. The molecule has 0 spiro atoms. The van der Waals surface area contributed by atoms with Gasteiger partial charge in [0, 0.05) is 16.0 Å². The molecule has 1 aromatic heterocycles. The normalized spacial score (nSPS) is 10.9. The third-order valence-electron chi connectivity index (χ3n) is 4.47. The number of hydrogen-bond donors (Lipinski definition) is 1. The molecule has 0 amide bonds. The van der Waals surface area contributed by atoms with Crippen LogP contribution in [0.2, 0.25) is 5.02 Å². The molecule has 0 atom stereocenters. The fourth-order valence-corrected chi connectivity index (χ4v) is 3.25. The van der Waals surface area contributed by atoms with Gasteiger partial charge in [0.1, 0.15) is 12.4 Å². The van der Waals surface area contributed by atoms with E-state index in [0.29, 0.717) is 18.2 Å². The summed E-state index contributed by atoms with van der Waals surface area (Å²) < 4.78 is 7.82. The Bertz CT molecular complexity index is 1140. The van der Waals surface area contributed by atoms with Gasteiger partial charge in [-0.15, -0.1) is 0 Å². The zero-order chi connectivity index (χ0) is 19.5. The van der Waals surface area contributed by atoms with Gasteiger partial charge in [0.25, 0.3) is 0 Å². The van der Waals surface area contributed by atoms with Crippen LogP contribution in [0.25, 0.3) is 10.9 Å². The summed E-state index contributed by atoms with van der Waals surface area (Å²) in [5, 5.41) is 14.9. The lowest BCUT2D eigenvalue weighted by Crippen LogP contribution is -2.05. The van der Waals surface area contributed by atoms with E-state index in [-0.39, 0.29) is 5.56 Å². The fourth-order valence-electron chi connectivity index (χ4n) is 3.06. The highest BCUT2D eigenvalue weighted by Gasteiger charge is 2.11. The Hall–Kier alpha value is -3.31. The summed E-state index contributed by atoms with van der Waals surface area (Å²) in [4.78, 5) is 11.2. The van der Waals surface area contributed by atoms with Gasteiger partial charge in [0.05, 0.1) is 23.8 Å². The van der Waals surface area contributed by atoms with Gasteiger partial charge >= 0.3 is 5.97 Å². The Morgan fingerprint density at radius 2 is 1.89 bits per heavy atom. The number of benzene rings is 3. The number of aromatic carboxylic acids is 1. The van der Waals surface area contributed by atoms with Gasteiger partial charge in [-0.3, -0.25) is 4.68 Å². The van der Waals surface area contributed by atoms with Crippen molar-refractivity contribution in [3.8, 4) is 5.75 Å². The minimum absolute atomic E-state index is 0.238. The molecule has 6 heteroatoms. The van der Waals surface area contributed by atoms with Gasteiger partial charge in [-0.05, 0) is 42.0 Å². The smallest absolute Gasteiger partial charge is 0.335 e. The zero-order valence-corrected chi connectivity index (χ0v) is 15.6. The topological polar surface area (TPSA) is 64.3 Å². The first kappa shape index (κ1) is 18.1. The molecule has 0 aliphatic heterocycles. The maximum absolute atomic E-state index is 11.2. The summed E-state index contributed by atoms with van der Waals surface area (Å²) >= 11 is 6.20. The molecule has 0 unspecified atom stereocenters. The Morgan fingerprint density at radius 1 is 1.07 bits per heavy atom. The number of halogens is 1. The zero-order valence-electron chi connectivity index (χ0n) is 14.9.